The zero-order valence-corrected chi connectivity index (χ0v) is 23.6. The molecule has 0 saturated heterocycles. The van der Waals surface area contributed by atoms with E-state index in [9.17, 15) is 39.3 Å². The lowest BCUT2D eigenvalue weighted by Gasteiger charge is -2.60. The smallest absolute Gasteiger partial charge is 0.306 e. The summed E-state index contributed by atoms with van der Waals surface area (Å²) in [5.74, 6) is -4.41. The molecule has 0 radical (unpaired) electrons. The predicted octanol–water partition coefficient (Wildman–Crippen LogP) is 3.31. The summed E-state index contributed by atoms with van der Waals surface area (Å²) in [6, 6.07) is 0. The molecule has 9 atom stereocenters. The molecule has 4 aliphatic carbocycles. The molecule has 2 fully saturated rings. The summed E-state index contributed by atoms with van der Waals surface area (Å²) in [5, 5.41) is 31.6. The number of carboxylic acid groups (broad SMARTS) is 1. The standard InChI is InChI=1S/C30H42O8/c1-14(10-16(31)11-15(2)26(37)38)17-12-21(34)30(7)22-18(32)13-19-27(3,4)20(33)8-9-28(19,5)23(22)24(35)25(36)29(17,30)6/h14-15,17,19-20,25,33,36H,8-13H2,1-7H3,(H,37,38)/t14-,15+,17-,19+,20+,25-,28+,29+,30+/m1/s1. The van der Waals surface area contributed by atoms with Crippen LogP contribution in [0.5, 0.6) is 0 Å². The predicted molar refractivity (Wildman–Crippen MR) is 138 cm³/mol. The van der Waals surface area contributed by atoms with Crippen LogP contribution in [0, 0.1) is 45.3 Å². The van der Waals surface area contributed by atoms with Crippen LogP contribution in [-0.2, 0) is 24.0 Å². The number of carbonyl (C=O) groups is 5. The molecule has 0 spiro atoms. The van der Waals surface area contributed by atoms with E-state index in [1.807, 2.05) is 20.8 Å². The van der Waals surface area contributed by atoms with Crippen LogP contribution < -0.4 is 0 Å². The Morgan fingerprint density at radius 2 is 1.55 bits per heavy atom. The molecule has 8 heteroatoms. The molecule has 0 unspecified atom stereocenters. The monoisotopic (exact) mass is 530 g/mol. The third kappa shape index (κ3) is 3.58. The molecule has 0 bridgehead atoms. The van der Waals surface area contributed by atoms with E-state index >= 15 is 0 Å². The minimum Gasteiger partial charge on any atom is -0.481 e. The topological polar surface area (TPSA) is 146 Å². The lowest BCUT2D eigenvalue weighted by Crippen LogP contribution is -2.64. The normalized spacial score (nSPS) is 41.8. The van der Waals surface area contributed by atoms with Crippen molar-refractivity contribution in [3.8, 4) is 0 Å². The Kier molecular flexibility index (Phi) is 6.76. The van der Waals surface area contributed by atoms with Gasteiger partial charge in [0.05, 0.1) is 17.4 Å². The summed E-state index contributed by atoms with van der Waals surface area (Å²) in [4.78, 5) is 65.8. The number of aliphatic hydroxyl groups is 2. The van der Waals surface area contributed by atoms with Crippen LogP contribution in [-0.4, -0.2) is 56.6 Å². The van der Waals surface area contributed by atoms with E-state index in [4.69, 9.17) is 0 Å². The number of aliphatic hydroxyl groups excluding tert-OH is 2. The number of allylic oxidation sites excluding steroid dienone is 1. The fourth-order valence-corrected chi connectivity index (χ4v) is 8.86. The van der Waals surface area contributed by atoms with E-state index < -0.39 is 63.4 Å². The van der Waals surface area contributed by atoms with Crippen LogP contribution in [0.25, 0.3) is 0 Å². The highest BCUT2D eigenvalue weighted by atomic mass is 16.4. The lowest BCUT2D eigenvalue weighted by molar-refractivity contribution is -0.159. The number of Topliss-reactive ketones (excluding diaryl/α,β-unsaturated/α-hetero) is 4. The van der Waals surface area contributed by atoms with Crippen LogP contribution in [0.15, 0.2) is 11.1 Å². The first-order valence-electron chi connectivity index (χ1n) is 13.8. The number of carboxylic acids is 1. The van der Waals surface area contributed by atoms with Gasteiger partial charge in [0.25, 0.3) is 0 Å². The Labute approximate surface area is 224 Å². The van der Waals surface area contributed by atoms with E-state index in [2.05, 4.69) is 0 Å². The Morgan fingerprint density at radius 1 is 0.947 bits per heavy atom. The Bertz CT molecular complexity index is 1150. The summed E-state index contributed by atoms with van der Waals surface area (Å²) < 4.78 is 0. The largest absolute Gasteiger partial charge is 0.481 e. The molecular formula is C30H42O8. The van der Waals surface area contributed by atoms with Gasteiger partial charge < -0.3 is 15.3 Å². The van der Waals surface area contributed by atoms with Crippen molar-refractivity contribution in [1.29, 1.82) is 0 Å². The van der Waals surface area contributed by atoms with E-state index in [0.717, 1.165) is 0 Å². The third-order valence-corrected chi connectivity index (χ3v) is 11.5. The van der Waals surface area contributed by atoms with Gasteiger partial charge in [0.2, 0.25) is 0 Å². The number of fused-ring (bicyclic) bond motifs is 4. The average molecular weight is 531 g/mol. The first-order valence-corrected chi connectivity index (χ1v) is 13.8. The lowest BCUT2D eigenvalue weighted by atomic mass is 9.42. The molecule has 0 aromatic heterocycles. The number of aliphatic carboxylic acids is 1. The van der Waals surface area contributed by atoms with Crippen molar-refractivity contribution in [3.05, 3.63) is 11.1 Å². The molecule has 0 amide bonds. The quantitative estimate of drug-likeness (QED) is 0.474. The molecule has 0 aliphatic heterocycles. The minimum absolute atomic E-state index is 0.0217. The second-order valence-corrected chi connectivity index (χ2v) is 13.8. The number of hydrogen-bond donors (Lipinski definition) is 3. The maximum atomic E-state index is 14.1. The Morgan fingerprint density at radius 3 is 2.13 bits per heavy atom. The van der Waals surface area contributed by atoms with Crippen LogP contribution in [0.2, 0.25) is 0 Å². The van der Waals surface area contributed by atoms with Crippen LogP contribution in [0.1, 0.15) is 87.0 Å². The maximum Gasteiger partial charge on any atom is 0.306 e. The van der Waals surface area contributed by atoms with Gasteiger partial charge in [-0.25, -0.2) is 0 Å². The van der Waals surface area contributed by atoms with Gasteiger partial charge in [-0.1, -0.05) is 41.5 Å². The first kappa shape index (κ1) is 28.8. The Balaban J connectivity index is 1.80. The van der Waals surface area contributed by atoms with Crippen molar-refractivity contribution in [2.24, 2.45) is 45.3 Å². The molecule has 38 heavy (non-hydrogen) atoms. The van der Waals surface area contributed by atoms with Crippen LogP contribution in [0.3, 0.4) is 0 Å². The summed E-state index contributed by atoms with van der Waals surface area (Å²) in [6.07, 6.45) is -1.20. The molecule has 0 aromatic rings. The van der Waals surface area contributed by atoms with Gasteiger partial charge in [0.15, 0.2) is 11.6 Å². The van der Waals surface area contributed by atoms with Crippen molar-refractivity contribution >= 4 is 29.1 Å². The van der Waals surface area contributed by atoms with Crippen LogP contribution >= 0.6 is 0 Å². The van der Waals surface area contributed by atoms with Crippen molar-refractivity contribution in [1.82, 2.24) is 0 Å². The summed E-state index contributed by atoms with van der Waals surface area (Å²) in [7, 11) is 0. The van der Waals surface area contributed by atoms with E-state index in [1.54, 1.807) is 20.8 Å². The second-order valence-electron chi connectivity index (χ2n) is 13.8. The molecule has 2 saturated carbocycles. The zero-order chi connectivity index (χ0) is 28.7. The Hall–Kier alpha value is -2.19. The number of hydrogen-bond acceptors (Lipinski definition) is 7. The first-order chi connectivity index (χ1) is 17.4. The van der Waals surface area contributed by atoms with Crippen molar-refractivity contribution in [2.45, 2.75) is 99.2 Å². The molecule has 8 nitrogen and oxygen atoms in total. The number of carbonyl (C=O) groups excluding carboxylic acids is 4. The molecule has 0 heterocycles. The summed E-state index contributed by atoms with van der Waals surface area (Å²) in [6.45, 7) is 12.4. The van der Waals surface area contributed by atoms with Gasteiger partial charge in [0.1, 0.15) is 17.7 Å². The van der Waals surface area contributed by atoms with Gasteiger partial charge in [0, 0.05) is 47.7 Å². The third-order valence-electron chi connectivity index (χ3n) is 11.5. The molecule has 0 aromatic carbocycles. The van der Waals surface area contributed by atoms with Gasteiger partial charge in [-0.15, -0.1) is 0 Å². The zero-order valence-electron chi connectivity index (χ0n) is 23.6. The molecule has 4 aliphatic rings. The highest BCUT2D eigenvalue weighted by Crippen LogP contribution is 2.70. The van der Waals surface area contributed by atoms with Gasteiger partial charge >= 0.3 is 5.97 Å². The van der Waals surface area contributed by atoms with Gasteiger partial charge in [-0.05, 0) is 42.9 Å². The number of ketones is 4. The average Bonchev–Trinajstić information content (AvgIpc) is 3.03. The fraction of sp³-hybridized carbons (Fsp3) is 0.767. The molecule has 4 rings (SSSR count). The van der Waals surface area contributed by atoms with E-state index in [-0.39, 0.29) is 60.1 Å². The van der Waals surface area contributed by atoms with E-state index in [1.165, 1.54) is 6.92 Å². The van der Waals surface area contributed by atoms with Crippen molar-refractivity contribution in [3.63, 3.8) is 0 Å². The summed E-state index contributed by atoms with van der Waals surface area (Å²) in [5.41, 5.74) is -3.58. The fourth-order valence-electron chi connectivity index (χ4n) is 8.86. The minimum atomic E-state index is -1.53. The SMILES string of the molecule is C[C@H](CC(=O)C[C@H](C)C(=O)O)[C@H]1CC(=O)[C@@]2(C)C3=C(C(=O)[C@@H](O)[C@]12C)[C@@]1(C)CC[C@H](O)C(C)(C)[C@@H]1CC3=O. The summed E-state index contributed by atoms with van der Waals surface area (Å²) >= 11 is 0. The highest BCUT2D eigenvalue weighted by molar-refractivity contribution is 6.17. The molecular weight excluding hydrogens is 488 g/mol. The van der Waals surface area contributed by atoms with E-state index in [0.29, 0.717) is 12.8 Å². The molecule has 210 valence electrons. The van der Waals surface area contributed by atoms with Crippen molar-refractivity contribution in [2.75, 3.05) is 0 Å². The highest BCUT2D eigenvalue weighted by Gasteiger charge is 2.73. The van der Waals surface area contributed by atoms with Crippen molar-refractivity contribution < 1.29 is 39.3 Å². The van der Waals surface area contributed by atoms with Gasteiger partial charge in [-0.2, -0.15) is 0 Å². The second kappa shape index (κ2) is 8.91. The maximum absolute atomic E-state index is 14.1. The van der Waals surface area contributed by atoms with Crippen LogP contribution in [0.4, 0.5) is 0 Å². The van der Waals surface area contributed by atoms with Gasteiger partial charge in [-0.3, -0.25) is 24.0 Å². The molecule has 3 N–H and O–H groups in total. The number of rotatable bonds is 6.